The van der Waals surface area contributed by atoms with Crippen molar-refractivity contribution in [1.82, 2.24) is 0 Å². The molecule has 0 heterocycles. The zero-order valence-corrected chi connectivity index (χ0v) is 14.3. The minimum absolute atomic E-state index is 0.0375. The van der Waals surface area contributed by atoms with E-state index in [1.54, 1.807) is 19.2 Å². The quantitative estimate of drug-likeness (QED) is 0.406. The van der Waals surface area contributed by atoms with Crippen molar-refractivity contribution < 1.29 is 14.3 Å². The van der Waals surface area contributed by atoms with E-state index >= 15 is 0 Å². The van der Waals surface area contributed by atoms with Gasteiger partial charge in [-0.1, -0.05) is 52.0 Å². The Bertz CT molecular complexity index is 428. The third kappa shape index (κ3) is 6.97. The summed E-state index contributed by atoms with van der Waals surface area (Å²) in [5.41, 5.74) is 0.564. The molecule has 1 unspecified atom stereocenters. The van der Waals surface area contributed by atoms with E-state index in [0.717, 1.165) is 32.1 Å². The molecule has 0 spiro atoms. The van der Waals surface area contributed by atoms with Gasteiger partial charge < -0.3 is 9.47 Å². The van der Waals surface area contributed by atoms with Gasteiger partial charge in [0.15, 0.2) is 0 Å². The number of esters is 1. The second-order valence-corrected chi connectivity index (χ2v) is 5.75. The zero-order chi connectivity index (χ0) is 16.2. The van der Waals surface area contributed by atoms with E-state index in [1.807, 2.05) is 12.1 Å². The van der Waals surface area contributed by atoms with E-state index < -0.39 is 0 Å². The van der Waals surface area contributed by atoms with Gasteiger partial charge in [-0.2, -0.15) is 0 Å². The molecule has 0 radical (unpaired) electrons. The van der Waals surface area contributed by atoms with E-state index in [0.29, 0.717) is 11.3 Å². The maximum absolute atomic E-state index is 12.3. The molecule has 0 aromatic heterocycles. The van der Waals surface area contributed by atoms with E-state index in [1.165, 1.54) is 19.3 Å². The van der Waals surface area contributed by atoms with E-state index in [-0.39, 0.29) is 12.1 Å². The number of methoxy groups -OCH3 is 1. The van der Waals surface area contributed by atoms with Gasteiger partial charge in [-0.05, 0) is 37.5 Å². The first-order valence-electron chi connectivity index (χ1n) is 8.56. The van der Waals surface area contributed by atoms with Gasteiger partial charge in [0.05, 0.1) is 12.7 Å². The van der Waals surface area contributed by atoms with Gasteiger partial charge in [-0.25, -0.2) is 4.79 Å². The summed E-state index contributed by atoms with van der Waals surface area (Å²) < 4.78 is 10.9. The topological polar surface area (TPSA) is 35.5 Å². The SMILES string of the molecule is CCCCCCC(CCCC)OC(=O)c1cccc(OC)c1. The van der Waals surface area contributed by atoms with E-state index in [2.05, 4.69) is 13.8 Å². The van der Waals surface area contributed by atoms with Crippen molar-refractivity contribution in [3.63, 3.8) is 0 Å². The molecule has 0 bridgehead atoms. The molecule has 0 aliphatic rings. The molecule has 0 aliphatic heterocycles. The largest absolute Gasteiger partial charge is 0.497 e. The van der Waals surface area contributed by atoms with Gasteiger partial charge in [-0.3, -0.25) is 0 Å². The first-order chi connectivity index (χ1) is 10.7. The summed E-state index contributed by atoms with van der Waals surface area (Å²) >= 11 is 0. The van der Waals surface area contributed by atoms with Crippen LogP contribution in [0.25, 0.3) is 0 Å². The highest BCUT2D eigenvalue weighted by atomic mass is 16.5. The first-order valence-corrected chi connectivity index (χ1v) is 8.56. The number of carbonyl (C=O) groups excluding carboxylic acids is 1. The van der Waals surface area contributed by atoms with Crippen LogP contribution >= 0.6 is 0 Å². The second kappa shape index (κ2) is 11.1. The molecule has 0 amide bonds. The Hall–Kier alpha value is -1.51. The highest BCUT2D eigenvalue weighted by molar-refractivity contribution is 5.89. The standard InChI is InChI=1S/C19H30O3/c1-4-6-8-9-13-17(12-7-5-2)22-19(20)16-11-10-14-18(15-16)21-3/h10-11,14-15,17H,4-9,12-13H2,1-3H3. The minimum atomic E-state index is -0.240. The molecule has 1 rings (SSSR count). The summed E-state index contributed by atoms with van der Waals surface area (Å²) in [6.45, 7) is 4.37. The third-order valence-electron chi connectivity index (χ3n) is 3.84. The summed E-state index contributed by atoms with van der Waals surface area (Å²) in [4.78, 5) is 12.3. The fraction of sp³-hybridized carbons (Fsp3) is 0.632. The van der Waals surface area contributed by atoms with Crippen LogP contribution in [0.3, 0.4) is 0 Å². The van der Waals surface area contributed by atoms with E-state index in [4.69, 9.17) is 9.47 Å². The number of hydrogen-bond donors (Lipinski definition) is 0. The number of benzene rings is 1. The van der Waals surface area contributed by atoms with Crippen LogP contribution in [0.15, 0.2) is 24.3 Å². The average Bonchev–Trinajstić information content (AvgIpc) is 2.56. The lowest BCUT2D eigenvalue weighted by molar-refractivity contribution is 0.0249. The number of hydrogen-bond acceptors (Lipinski definition) is 3. The van der Waals surface area contributed by atoms with E-state index in [9.17, 15) is 4.79 Å². The molecule has 1 aromatic rings. The summed E-state index contributed by atoms with van der Waals surface area (Å²) in [6.07, 6.45) is 9.02. The lowest BCUT2D eigenvalue weighted by Gasteiger charge is -2.18. The molecule has 1 aromatic carbocycles. The molecule has 0 N–H and O–H groups in total. The van der Waals surface area contributed by atoms with Crippen LogP contribution in [-0.4, -0.2) is 19.2 Å². The third-order valence-corrected chi connectivity index (χ3v) is 3.84. The summed E-state index contributed by atoms with van der Waals surface area (Å²) in [6, 6.07) is 7.16. The number of rotatable bonds is 11. The zero-order valence-electron chi connectivity index (χ0n) is 14.3. The van der Waals surface area contributed by atoms with Gasteiger partial charge in [0, 0.05) is 0 Å². The van der Waals surface area contributed by atoms with Gasteiger partial charge in [-0.15, -0.1) is 0 Å². The molecule has 3 nitrogen and oxygen atoms in total. The molecular weight excluding hydrogens is 276 g/mol. The molecule has 0 saturated carbocycles. The van der Waals surface area contributed by atoms with Gasteiger partial charge in [0.25, 0.3) is 0 Å². The summed E-state index contributed by atoms with van der Waals surface area (Å²) in [7, 11) is 1.60. The molecular formula is C19H30O3. The highest BCUT2D eigenvalue weighted by Crippen LogP contribution is 2.18. The molecule has 0 fully saturated rings. The molecule has 1 atom stereocenters. The van der Waals surface area contributed by atoms with Crippen LogP contribution in [0.1, 0.15) is 75.6 Å². The summed E-state index contributed by atoms with van der Waals surface area (Å²) in [5.74, 6) is 0.443. The van der Waals surface area contributed by atoms with Gasteiger partial charge in [0.2, 0.25) is 0 Å². The molecule has 0 saturated heterocycles. The van der Waals surface area contributed by atoms with Crippen molar-refractivity contribution in [3.8, 4) is 5.75 Å². The number of ether oxygens (including phenoxy) is 2. The van der Waals surface area contributed by atoms with Gasteiger partial charge >= 0.3 is 5.97 Å². The smallest absolute Gasteiger partial charge is 0.338 e. The van der Waals surface area contributed by atoms with Crippen molar-refractivity contribution in [3.05, 3.63) is 29.8 Å². The molecule has 22 heavy (non-hydrogen) atoms. The monoisotopic (exact) mass is 306 g/mol. The van der Waals surface area contributed by atoms with Crippen LogP contribution in [0.2, 0.25) is 0 Å². The maximum atomic E-state index is 12.3. The Morgan fingerprint density at radius 3 is 2.45 bits per heavy atom. The predicted octanol–water partition coefficient (Wildman–Crippen LogP) is 5.38. The van der Waals surface area contributed by atoms with Crippen LogP contribution in [0, 0.1) is 0 Å². The van der Waals surface area contributed by atoms with Crippen LogP contribution < -0.4 is 4.74 Å². The Kier molecular flexibility index (Phi) is 9.36. The van der Waals surface area contributed by atoms with Crippen molar-refractivity contribution in [2.45, 2.75) is 71.3 Å². The summed E-state index contributed by atoms with van der Waals surface area (Å²) in [5, 5.41) is 0. The fourth-order valence-electron chi connectivity index (χ4n) is 2.46. The Morgan fingerprint density at radius 1 is 1.05 bits per heavy atom. The second-order valence-electron chi connectivity index (χ2n) is 5.75. The Labute approximate surface area is 135 Å². The first kappa shape index (κ1) is 18.5. The van der Waals surface area contributed by atoms with Crippen LogP contribution in [0.4, 0.5) is 0 Å². The molecule has 0 aliphatic carbocycles. The number of unbranched alkanes of at least 4 members (excludes halogenated alkanes) is 4. The van der Waals surface area contributed by atoms with Crippen LogP contribution in [-0.2, 0) is 4.74 Å². The van der Waals surface area contributed by atoms with Crippen LogP contribution in [0.5, 0.6) is 5.75 Å². The van der Waals surface area contributed by atoms with Gasteiger partial charge in [0.1, 0.15) is 11.9 Å². The Morgan fingerprint density at radius 2 is 1.77 bits per heavy atom. The molecule has 3 heteroatoms. The highest BCUT2D eigenvalue weighted by Gasteiger charge is 2.16. The van der Waals surface area contributed by atoms with Crippen molar-refractivity contribution in [1.29, 1.82) is 0 Å². The predicted molar refractivity (Wildman–Crippen MR) is 90.5 cm³/mol. The number of carbonyl (C=O) groups is 1. The van der Waals surface area contributed by atoms with Crippen molar-refractivity contribution in [2.75, 3.05) is 7.11 Å². The fourth-order valence-corrected chi connectivity index (χ4v) is 2.46. The lowest BCUT2D eigenvalue weighted by Crippen LogP contribution is -2.18. The van der Waals surface area contributed by atoms with Crippen molar-refractivity contribution in [2.24, 2.45) is 0 Å². The average molecular weight is 306 g/mol. The normalized spacial score (nSPS) is 12.0. The maximum Gasteiger partial charge on any atom is 0.338 e. The Balaban J connectivity index is 2.56. The molecule has 124 valence electrons. The minimum Gasteiger partial charge on any atom is -0.497 e. The lowest BCUT2D eigenvalue weighted by atomic mass is 10.0. The van der Waals surface area contributed by atoms with Crippen molar-refractivity contribution >= 4 is 5.97 Å².